The summed E-state index contributed by atoms with van der Waals surface area (Å²) in [5.74, 6) is 0. The van der Waals surface area contributed by atoms with Gasteiger partial charge in [0.1, 0.15) is 0 Å². The highest BCUT2D eigenvalue weighted by molar-refractivity contribution is 4.87. The molecule has 0 saturated heterocycles. The molecule has 0 unspecified atom stereocenters. The largest absolute Gasteiger partial charge is 0.394 e. The van der Waals surface area contributed by atoms with Crippen LogP contribution in [-0.2, 0) is 0 Å². The van der Waals surface area contributed by atoms with Gasteiger partial charge in [-0.05, 0) is 6.42 Å². The molecule has 5 nitrogen and oxygen atoms in total. The Morgan fingerprint density at radius 3 is 1.69 bits per heavy atom. The topological polar surface area (TPSA) is 84.2 Å². The van der Waals surface area contributed by atoms with Gasteiger partial charge in [-0.1, -0.05) is 6.92 Å². The smallest absolute Gasteiger partial charge is 0.0963 e. The molecule has 0 aliphatic carbocycles. The van der Waals surface area contributed by atoms with Crippen molar-refractivity contribution in [2.45, 2.75) is 18.9 Å². The normalized spacial score (nSPS) is 12.5. The summed E-state index contributed by atoms with van der Waals surface area (Å²) in [6.07, 6.45) is 0.780. The first-order valence-corrected chi connectivity index (χ1v) is 4.39. The lowest BCUT2D eigenvalue weighted by molar-refractivity contribution is -0.0815. The van der Waals surface area contributed by atoms with E-state index in [1.54, 1.807) is 0 Å². The van der Waals surface area contributed by atoms with Gasteiger partial charge in [0.05, 0.1) is 32.1 Å². The fourth-order valence-corrected chi connectivity index (χ4v) is 1.18. The third-order valence-electron chi connectivity index (χ3n) is 2.22. The van der Waals surface area contributed by atoms with Gasteiger partial charge in [-0.25, -0.2) is 0 Å². The molecule has 0 aromatic carbocycles. The van der Waals surface area contributed by atoms with E-state index in [-0.39, 0.29) is 26.6 Å². The Labute approximate surface area is 78.2 Å². The average molecular weight is 193 g/mol. The first-order chi connectivity index (χ1) is 6.20. The third kappa shape index (κ3) is 2.89. The lowest BCUT2D eigenvalue weighted by Gasteiger charge is -2.38. The van der Waals surface area contributed by atoms with E-state index in [2.05, 4.69) is 0 Å². The van der Waals surface area contributed by atoms with E-state index in [1.807, 2.05) is 6.92 Å². The van der Waals surface area contributed by atoms with Crippen LogP contribution in [0.2, 0.25) is 0 Å². The molecule has 0 aromatic rings. The highest BCUT2D eigenvalue weighted by Crippen LogP contribution is 2.13. The maximum Gasteiger partial charge on any atom is 0.0963 e. The molecule has 13 heavy (non-hydrogen) atoms. The summed E-state index contributed by atoms with van der Waals surface area (Å²) < 4.78 is 0. The van der Waals surface area contributed by atoms with E-state index < -0.39 is 5.54 Å². The van der Waals surface area contributed by atoms with Crippen LogP contribution in [0.1, 0.15) is 13.3 Å². The molecule has 0 heterocycles. The first kappa shape index (κ1) is 12.8. The van der Waals surface area contributed by atoms with Crippen molar-refractivity contribution in [2.24, 2.45) is 0 Å². The van der Waals surface area contributed by atoms with Crippen LogP contribution in [0.4, 0.5) is 0 Å². The highest BCUT2D eigenvalue weighted by Gasteiger charge is 2.34. The van der Waals surface area contributed by atoms with Crippen molar-refractivity contribution in [2.75, 3.05) is 33.1 Å². The number of aliphatic hydroxyl groups is 4. The summed E-state index contributed by atoms with van der Waals surface area (Å²) in [6.45, 7) is 1.04. The molecule has 0 fully saturated rings. The number of rotatable bonds is 7. The minimum atomic E-state index is -1.11. The number of hydrogen-bond donors (Lipinski definition) is 4. The van der Waals surface area contributed by atoms with Crippen LogP contribution in [0.5, 0.6) is 0 Å². The quantitative estimate of drug-likeness (QED) is 0.365. The molecule has 80 valence electrons. The van der Waals surface area contributed by atoms with Crippen molar-refractivity contribution in [3.05, 3.63) is 0 Å². The number of nitrogens with zero attached hydrogens (tertiary/aromatic N) is 1. The van der Waals surface area contributed by atoms with Crippen molar-refractivity contribution < 1.29 is 20.4 Å². The van der Waals surface area contributed by atoms with Crippen LogP contribution >= 0.6 is 0 Å². The second-order valence-electron chi connectivity index (χ2n) is 3.10. The van der Waals surface area contributed by atoms with Crippen LogP contribution < -0.4 is 0 Å². The molecule has 0 radical (unpaired) electrons. The predicted molar refractivity (Wildman–Crippen MR) is 48.1 cm³/mol. The molecule has 4 N–H and O–H groups in total. The maximum absolute atomic E-state index is 9.03. The van der Waals surface area contributed by atoms with Crippen LogP contribution in [0.15, 0.2) is 0 Å². The van der Waals surface area contributed by atoms with E-state index in [0.29, 0.717) is 6.54 Å². The molecule has 0 rings (SSSR count). The minimum Gasteiger partial charge on any atom is -0.394 e. The van der Waals surface area contributed by atoms with Crippen LogP contribution in [-0.4, -0.2) is 64.0 Å². The first-order valence-electron chi connectivity index (χ1n) is 4.39. The van der Waals surface area contributed by atoms with Gasteiger partial charge in [0, 0.05) is 6.54 Å². The lowest BCUT2D eigenvalue weighted by Crippen LogP contribution is -2.57. The standard InChI is InChI=1S/C8H19NO4/c1-2-3-9(7-13)8(4-10,5-11)6-12/h10-13H,2-7H2,1H3. The van der Waals surface area contributed by atoms with Gasteiger partial charge in [-0.15, -0.1) is 0 Å². The maximum atomic E-state index is 9.03. The van der Waals surface area contributed by atoms with Gasteiger partial charge in [-0.2, -0.15) is 0 Å². The highest BCUT2D eigenvalue weighted by atomic mass is 16.3. The Morgan fingerprint density at radius 1 is 1.00 bits per heavy atom. The van der Waals surface area contributed by atoms with E-state index in [4.69, 9.17) is 20.4 Å². The zero-order valence-electron chi connectivity index (χ0n) is 7.98. The van der Waals surface area contributed by atoms with Crippen molar-refractivity contribution in [3.8, 4) is 0 Å². The Bertz CT molecular complexity index is 119. The number of hydrogen-bond acceptors (Lipinski definition) is 5. The molecule has 0 amide bonds. The monoisotopic (exact) mass is 193 g/mol. The second kappa shape index (κ2) is 6.28. The van der Waals surface area contributed by atoms with Crippen molar-refractivity contribution in [1.82, 2.24) is 4.90 Å². The summed E-state index contributed by atoms with van der Waals surface area (Å²) in [6, 6.07) is 0. The van der Waals surface area contributed by atoms with Crippen molar-refractivity contribution in [3.63, 3.8) is 0 Å². The summed E-state index contributed by atoms with van der Waals surface area (Å²) in [5.41, 5.74) is -1.11. The molecular weight excluding hydrogens is 174 g/mol. The molecule has 0 aliphatic heterocycles. The summed E-state index contributed by atoms with van der Waals surface area (Å²) >= 11 is 0. The summed E-state index contributed by atoms with van der Waals surface area (Å²) in [5, 5.41) is 36.1. The predicted octanol–water partition coefficient (Wildman–Crippen LogP) is -1.64. The molecule has 0 spiro atoms. The second-order valence-corrected chi connectivity index (χ2v) is 3.10. The molecular formula is C8H19NO4. The fourth-order valence-electron chi connectivity index (χ4n) is 1.18. The summed E-state index contributed by atoms with van der Waals surface area (Å²) in [4.78, 5) is 1.47. The van der Waals surface area contributed by atoms with Gasteiger partial charge >= 0.3 is 0 Å². The Kier molecular flexibility index (Phi) is 6.19. The Hall–Kier alpha value is -0.200. The van der Waals surface area contributed by atoms with E-state index in [9.17, 15) is 0 Å². The Morgan fingerprint density at radius 2 is 1.46 bits per heavy atom. The molecule has 0 aliphatic rings. The zero-order valence-corrected chi connectivity index (χ0v) is 7.98. The van der Waals surface area contributed by atoms with Crippen molar-refractivity contribution in [1.29, 1.82) is 0 Å². The Balaban J connectivity index is 4.45. The molecule has 5 heteroatoms. The van der Waals surface area contributed by atoms with E-state index >= 15 is 0 Å². The molecule has 0 atom stereocenters. The van der Waals surface area contributed by atoms with Gasteiger partial charge in [0.2, 0.25) is 0 Å². The van der Waals surface area contributed by atoms with Crippen LogP contribution in [0, 0.1) is 0 Å². The van der Waals surface area contributed by atoms with Crippen LogP contribution in [0.25, 0.3) is 0 Å². The van der Waals surface area contributed by atoms with Crippen LogP contribution in [0.3, 0.4) is 0 Å². The van der Waals surface area contributed by atoms with Gasteiger partial charge in [0.25, 0.3) is 0 Å². The zero-order chi connectivity index (χ0) is 10.3. The van der Waals surface area contributed by atoms with E-state index in [1.165, 1.54) is 4.90 Å². The minimum absolute atomic E-state index is 0.282. The summed E-state index contributed by atoms with van der Waals surface area (Å²) in [7, 11) is 0. The average Bonchev–Trinajstić information content (AvgIpc) is 2.19. The van der Waals surface area contributed by atoms with E-state index in [0.717, 1.165) is 6.42 Å². The van der Waals surface area contributed by atoms with Gasteiger partial charge in [-0.3, -0.25) is 4.90 Å². The number of aliphatic hydroxyl groups excluding tert-OH is 4. The van der Waals surface area contributed by atoms with Crippen molar-refractivity contribution >= 4 is 0 Å². The molecule has 0 bridgehead atoms. The third-order valence-corrected chi connectivity index (χ3v) is 2.22. The van der Waals surface area contributed by atoms with Gasteiger partial charge in [0.15, 0.2) is 0 Å². The molecule has 0 aromatic heterocycles. The SMILES string of the molecule is CCCN(CO)C(CO)(CO)CO. The lowest BCUT2D eigenvalue weighted by atomic mass is 10.0. The fraction of sp³-hybridized carbons (Fsp3) is 1.00. The molecule has 0 saturated carbocycles. The van der Waals surface area contributed by atoms with Gasteiger partial charge < -0.3 is 20.4 Å².